The molecule has 34 heavy (non-hydrogen) atoms. The van der Waals surface area contributed by atoms with Crippen molar-refractivity contribution in [2.75, 3.05) is 6.61 Å². The molecule has 1 aromatic rings. The molecule has 0 radical (unpaired) electrons. The maximum atomic E-state index is 14.1. The number of carbonyl (C=O) groups is 1. The van der Waals surface area contributed by atoms with E-state index in [0.29, 0.717) is 19.4 Å². The fourth-order valence-electron chi connectivity index (χ4n) is 6.18. The summed E-state index contributed by atoms with van der Waals surface area (Å²) in [6.07, 6.45) is 19.1. The first-order valence-electron chi connectivity index (χ1n) is 13.7. The van der Waals surface area contributed by atoms with E-state index in [2.05, 4.69) is 6.92 Å². The molecule has 2 aliphatic rings. The summed E-state index contributed by atoms with van der Waals surface area (Å²) in [6, 6.07) is 2.00. The number of esters is 1. The van der Waals surface area contributed by atoms with Gasteiger partial charge in [-0.05, 0) is 49.8 Å². The zero-order valence-electron chi connectivity index (χ0n) is 21.0. The molecule has 0 bridgehead atoms. The number of hydrogen-bond donors (Lipinski definition) is 0. The predicted molar refractivity (Wildman–Crippen MR) is 130 cm³/mol. The van der Waals surface area contributed by atoms with Crippen LogP contribution in [0.3, 0.4) is 0 Å². The number of hydrogen-bond acceptors (Lipinski definition) is 2. The Morgan fingerprint density at radius 3 is 1.91 bits per heavy atom. The van der Waals surface area contributed by atoms with Crippen molar-refractivity contribution in [3.8, 4) is 0 Å². The average Bonchev–Trinajstić information content (AvgIpc) is 2.86. The van der Waals surface area contributed by atoms with Crippen molar-refractivity contribution in [2.45, 2.75) is 128 Å². The van der Waals surface area contributed by atoms with Gasteiger partial charge in [-0.1, -0.05) is 90.4 Å². The molecule has 0 aliphatic heterocycles. The highest BCUT2D eigenvalue weighted by atomic mass is 19.2. The quantitative estimate of drug-likeness (QED) is 0.170. The molecule has 2 nitrogen and oxygen atoms in total. The Morgan fingerprint density at radius 1 is 0.794 bits per heavy atom. The van der Waals surface area contributed by atoms with Crippen LogP contribution in [0.25, 0.3) is 0 Å². The van der Waals surface area contributed by atoms with Crippen molar-refractivity contribution in [1.82, 2.24) is 0 Å². The van der Waals surface area contributed by atoms with Gasteiger partial charge in [-0.25, -0.2) is 13.2 Å². The number of unbranched alkanes of at least 4 members (excludes halogenated alkanes) is 6. The van der Waals surface area contributed by atoms with Crippen LogP contribution in [0.4, 0.5) is 13.2 Å². The summed E-state index contributed by atoms with van der Waals surface area (Å²) in [4.78, 5) is 13.5. The lowest BCUT2D eigenvalue weighted by molar-refractivity contribution is -0.157. The van der Waals surface area contributed by atoms with E-state index >= 15 is 0 Å². The van der Waals surface area contributed by atoms with Gasteiger partial charge in [0.1, 0.15) is 0 Å². The highest BCUT2D eigenvalue weighted by Gasteiger charge is 2.45. The van der Waals surface area contributed by atoms with E-state index in [4.69, 9.17) is 4.74 Å². The Kier molecular flexibility index (Phi) is 10.3. The summed E-state index contributed by atoms with van der Waals surface area (Å²) in [5.41, 5.74) is -0.840. The van der Waals surface area contributed by atoms with E-state index in [-0.39, 0.29) is 16.9 Å². The van der Waals surface area contributed by atoms with Gasteiger partial charge >= 0.3 is 5.97 Å². The molecule has 0 N–H and O–H groups in total. The Bertz CT molecular complexity index is 757. The van der Waals surface area contributed by atoms with E-state index in [1.165, 1.54) is 44.9 Å². The Labute approximate surface area is 204 Å². The Balaban J connectivity index is 1.66. The first-order chi connectivity index (χ1) is 16.4. The summed E-state index contributed by atoms with van der Waals surface area (Å²) >= 11 is 0. The second kappa shape index (κ2) is 13.0. The van der Waals surface area contributed by atoms with Crippen LogP contribution in [-0.4, -0.2) is 12.6 Å². The normalized spacial score (nSPS) is 19.6. The van der Waals surface area contributed by atoms with Gasteiger partial charge in [0, 0.05) is 5.41 Å². The standard InChI is InChI=1S/C29H43F3O2/c1-2-3-4-5-6-7-10-15-28(16-11-8-12-17-28)22-34-27(33)29(18-13-9-14-19-29)23-20-24(30)26(32)25(31)21-23/h20-21H,2-19,22H2,1H3. The largest absolute Gasteiger partial charge is 0.464 e. The third-order valence-electron chi connectivity index (χ3n) is 8.37. The summed E-state index contributed by atoms with van der Waals surface area (Å²) in [6.45, 7) is 2.62. The summed E-state index contributed by atoms with van der Waals surface area (Å²) in [7, 11) is 0. The molecular formula is C29H43F3O2. The van der Waals surface area contributed by atoms with Crippen LogP contribution in [0.15, 0.2) is 12.1 Å². The molecule has 0 spiro atoms. The van der Waals surface area contributed by atoms with Crippen LogP contribution in [0.2, 0.25) is 0 Å². The molecule has 2 aliphatic carbocycles. The van der Waals surface area contributed by atoms with Crippen molar-refractivity contribution in [3.63, 3.8) is 0 Å². The molecule has 2 saturated carbocycles. The maximum Gasteiger partial charge on any atom is 0.316 e. The fraction of sp³-hybridized carbons (Fsp3) is 0.759. The molecular weight excluding hydrogens is 437 g/mol. The second-order valence-electron chi connectivity index (χ2n) is 10.9. The van der Waals surface area contributed by atoms with Crippen LogP contribution in [0, 0.1) is 22.9 Å². The second-order valence-corrected chi connectivity index (χ2v) is 10.9. The van der Waals surface area contributed by atoms with E-state index < -0.39 is 22.9 Å². The SMILES string of the molecule is CCCCCCCCCC1(COC(=O)C2(c3cc(F)c(F)c(F)c3)CCCCC2)CCCCC1. The van der Waals surface area contributed by atoms with Gasteiger partial charge < -0.3 is 4.74 Å². The molecule has 0 unspecified atom stereocenters. The van der Waals surface area contributed by atoms with Gasteiger partial charge in [0.2, 0.25) is 0 Å². The highest BCUT2D eigenvalue weighted by Crippen LogP contribution is 2.44. The van der Waals surface area contributed by atoms with E-state index in [9.17, 15) is 18.0 Å². The lowest BCUT2D eigenvalue weighted by atomic mass is 9.69. The first-order valence-corrected chi connectivity index (χ1v) is 13.7. The van der Waals surface area contributed by atoms with Gasteiger partial charge in [0.05, 0.1) is 12.0 Å². The average molecular weight is 481 g/mol. The minimum atomic E-state index is -1.49. The third kappa shape index (κ3) is 6.79. The van der Waals surface area contributed by atoms with E-state index in [1.54, 1.807) is 0 Å². The molecule has 0 atom stereocenters. The van der Waals surface area contributed by atoms with Gasteiger partial charge in [-0.15, -0.1) is 0 Å². The molecule has 3 rings (SSSR count). The van der Waals surface area contributed by atoms with Gasteiger partial charge in [-0.2, -0.15) is 0 Å². The first kappa shape index (κ1) is 27.1. The van der Waals surface area contributed by atoms with Gasteiger partial charge in [0.25, 0.3) is 0 Å². The number of ether oxygens (including phenoxy) is 1. The van der Waals surface area contributed by atoms with Crippen molar-refractivity contribution in [3.05, 3.63) is 35.1 Å². The number of halogens is 3. The molecule has 1 aromatic carbocycles. The number of carbonyl (C=O) groups excluding carboxylic acids is 1. The Morgan fingerprint density at radius 2 is 1.32 bits per heavy atom. The topological polar surface area (TPSA) is 26.3 Å². The lowest BCUT2D eigenvalue weighted by Crippen LogP contribution is -2.42. The van der Waals surface area contributed by atoms with Crippen molar-refractivity contribution in [2.24, 2.45) is 5.41 Å². The number of benzene rings is 1. The van der Waals surface area contributed by atoms with Crippen molar-refractivity contribution >= 4 is 5.97 Å². The summed E-state index contributed by atoms with van der Waals surface area (Å²) in [5, 5.41) is 0. The molecule has 0 amide bonds. The predicted octanol–water partition coefficient (Wildman–Crippen LogP) is 8.94. The summed E-state index contributed by atoms with van der Waals surface area (Å²) in [5.74, 6) is -4.35. The van der Waals surface area contributed by atoms with Crippen LogP contribution < -0.4 is 0 Å². The van der Waals surface area contributed by atoms with E-state index in [0.717, 1.165) is 69.9 Å². The molecule has 0 saturated heterocycles. The minimum Gasteiger partial charge on any atom is -0.464 e. The molecule has 2 fully saturated rings. The Hall–Kier alpha value is -1.52. The number of rotatable bonds is 12. The smallest absolute Gasteiger partial charge is 0.316 e. The van der Waals surface area contributed by atoms with Crippen molar-refractivity contribution in [1.29, 1.82) is 0 Å². The molecule has 0 heterocycles. The zero-order valence-corrected chi connectivity index (χ0v) is 21.0. The van der Waals surface area contributed by atoms with Crippen LogP contribution in [-0.2, 0) is 14.9 Å². The minimum absolute atomic E-state index is 0.0203. The van der Waals surface area contributed by atoms with Crippen molar-refractivity contribution < 1.29 is 22.7 Å². The highest BCUT2D eigenvalue weighted by molar-refractivity contribution is 5.83. The maximum absolute atomic E-state index is 14.1. The molecule has 192 valence electrons. The van der Waals surface area contributed by atoms with Crippen LogP contribution in [0.5, 0.6) is 0 Å². The van der Waals surface area contributed by atoms with Gasteiger partial charge in [0.15, 0.2) is 17.5 Å². The lowest BCUT2D eigenvalue weighted by Gasteiger charge is -2.40. The zero-order chi connectivity index (χ0) is 24.4. The third-order valence-corrected chi connectivity index (χ3v) is 8.37. The van der Waals surface area contributed by atoms with Gasteiger partial charge in [-0.3, -0.25) is 4.79 Å². The fourth-order valence-corrected chi connectivity index (χ4v) is 6.18. The van der Waals surface area contributed by atoms with Crippen LogP contribution >= 0.6 is 0 Å². The molecule has 5 heteroatoms. The van der Waals surface area contributed by atoms with Crippen LogP contribution in [0.1, 0.15) is 128 Å². The summed E-state index contributed by atoms with van der Waals surface area (Å²) < 4.78 is 47.8. The molecule has 0 aromatic heterocycles. The monoisotopic (exact) mass is 480 g/mol. The van der Waals surface area contributed by atoms with E-state index in [1.807, 2.05) is 0 Å².